The summed E-state index contributed by atoms with van der Waals surface area (Å²) in [6.45, 7) is 0.948. The average Bonchev–Trinajstić information content (AvgIpc) is 2.59. The van der Waals surface area contributed by atoms with Crippen LogP contribution in [0.15, 0.2) is 23.2 Å². The number of carbonyl (C=O) groups is 1. The minimum absolute atomic E-state index is 0. The lowest BCUT2D eigenvalue weighted by molar-refractivity contribution is -0.140. The van der Waals surface area contributed by atoms with E-state index in [1.165, 1.54) is 19.2 Å². The molecule has 164 valence electrons. The maximum absolute atomic E-state index is 14.3. The summed E-state index contributed by atoms with van der Waals surface area (Å²) in [5, 5.41) is 1.05. The van der Waals surface area contributed by atoms with Gasteiger partial charge < -0.3 is 16.8 Å². The minimum atomic E-state index is -4.70. The first kappa shape index (κ1) is 22.9. The number of hydrazine groups is 1. The predicted molar refractivity (Wildman–Crippen MR) is 103 cm³/mol. The molecule has 1 aromatic carbocycles. The number of carbonyl (C=O) groups excluding carboxylic acids is 1. The lowest BCUT2D eigenvalue weighted by Crippen LogP contribution is -2.48. The molecule has 1 saturated carbocycles. The number of piperidine rings is 1. The van der Waals surface area contributed by atoms with Crippen molar-refractivity contribution in [1.29, 1.82) is 0 Å². The fraction of sp³-hybridized carbons (Fsp3) is 0.556. The quantitative estimate of drug-likeness (QED) is 0.211. The zero-order chi connectivity index (χ0) is 20.7. The molecule has 1 spiro atoms. The summed E-state index contributed by atoms with van der Waals surface area (Å²) in [5.74, 6) is 3.92. The van der Waals surface area contributed by atoms with E-state index in [0.29, 0.717) is 38.8 Å². The van der Waals surface area contributed by atoms with Gasteiger partial charge in [-0.2, -0.15) is 18.2 Å². The largest absolute Gasteiger partial charge is 0.419 e. The van der Waals surface area contributed by atoms with Crippen LogP contribution < -0.4 is 17.7 Å². The van der Waals surface area contributed by atoms with Gasteiger partial charge in [0.15, 0.2) is 0 Å². The Balaban J connectivity index is 0.00000225. The Bertz CT molecular complexity index is 785. The normalized spacial score (nSPS) is 19.5. The van der Waals surface area contributed by atoms with Crippen molar-refractivity contribution in [2.24, 2.45) is 22.0 Å². The second-order valence-electron chi connectivity index (χ2n) is 7.66. The Kier molecular flexibility index (Phi) is 6.43. The molecule has 1 aliphatic heterocycles. The molecule has 7 nitrogen and oxygen atoms in total. The van der Waals surface area contributed by atoms with Crippen molar-refractivity contribution < 1.29 is 23.8 Å². The van der Waals surface area contributed by atoms with E-state index in [1.807, 2.05) is 0 Å². The minimum Gasteiger partial charge on any atom is -0.368 e. The van der Waals surface area contributed by atoms with Crippen molar-refractivity contribution in [3.63, 3.8) is 0 Å². The van der Waals surface area contributed by atoms with E-state index in [9.17, 15) is 22.4 Å². The van der Waals surface area contributed by atoms with Crippen LogP contribution in [0.4, 0.5) is 22.4 Å². The van der Waals surface area contributed by atoms with Gasteiger partial charge in [-0.05, 0) is 48.6 Å². The van der Waals surface area contributed by atoms with Crippen LogP contribution in [0.25, 0.3) is 0 Å². The predicted octanol–water partition coefficient (Wildman–Crippen LogP) is 3.45. The number of likely N-dealkylation sites (tertiary alicyclic amines) is 1. The van der Waals surface area contributed by atoms with E-state index in [-0.39, 0.29) is 30.4 Å². The first-order chi connectivity index (χ1) is 13.0. The SMILES string of the molecule is CN(N)/C(N)=N\C(=O)N1CCC2(CC1)CC(c1cccc(C(F)(F)F)c1F)C2.N.[HH]. The van der Waals surface area contributed by atoms with Crippen LogP contribution in [0.5, 0.6) is 0 Å². The zero-order valence-electron chi connectivity index (χ0n) is 16.2. The number of nitrogens with zero attached hydrogens (tertiary/aromatic N) is 3. The number of hydrogen-bond acceptors (Lipinski definition) is 3. The van der Waals surface area contributed by atoms with Gasteiger partial charge >= 0.3 is 12.2 Å². The highest BCUT2D eigenvalue weighted by molar-refractivity contribution is 5.91. The van der Waals surface area contributed by atoms with Crippen LogP contribution in [-0.4, -0.2) is 42.0 Å². The lowest BCUT2D eigenvalue weighted by Gasteiger charge is -2.52. The summed E-state index contributed by atoms with van der Waals surface area (Å²) in [6.07, 6.45) is -2.07. The van der Waals surface area contributed by atoms with Crippen LogP contribution in [-0.2, 0) is 6.18 Å². The van der Waals surface area contributed by atoms with Gasteiger partial charge in [-0.15, -0.1) is 0 Å². The second kappa shape index (κ2) is 8.15. The number of guanidine groups is 1. The molecule has 0 radical (unpaired) electrons. The maximum atomic E-state index is 14.3. The van der Waals surface area contributed by atoms with Crippen LogP contribution in [0, 0.1) is 11.2 Å². The molecule has 1 aromatic rings. The van der Waals surface area contributed by atoms with Crippen molar-refractivity contribution in [3.05, 3.63) is 35.1 Å². The van der Waals surface area contributed by atoms with Crippen molar-refractivity contribution >= 4 is 12.0 Å². The number of alkyl halides is 3. The van der Waals surface area contributed by atoms with E-state index in [4.69, 9.17) is 11.6 Å². The third-order valence-electron chi connectivity index (χ3n) is 5.80. The zero-order valence-corrected chi connectivity index (χ0v) is 16.2. The van der Waals surface area contributed by atoms with E-state index in [0.717, 1.165) is 11.1 Å². The smallest absolute Gasteiger partial charge is 0.368 e. The molecule has 0 aromatic heterocycles. The number of benzene rings is 1. The van der Waals surface area contributed by atoms with Crippen LogP contribution >= 0.6 is 0 Å². The van der Waals surface area contributed by atoms with Gasteiger partial charge in [-0.25, -0.2) is 15.0 Å². The van der Waals surface area contributed by atoms with Crippen molar-refractivity contribution in [2.45, 2.75) is 37.8 Å². The number of amides is 2. The summed E-state index contributed by atoms with van der Waals surface area (Å²) >= 11 is 0. The highest BCUT2D eigenvalue weighted by Gasteiger charge is 2.48. The third kappa shape index (κ3) is 4.61. The summed E-state index contributed by atoms with van der Waals surface area (Å²) in [6, 6.07) is 2.98. The standard InChI is InChI=1S/C18H23F4N5O.H3N.H2/c1-26(24)15(23)25-16(28)27-7-5-17(6-8-27)9-11(10-17)12-3-2-4-13(14(12)19)18(20,21)22;;/h2-4,11H,5-10,24H2,1H3,(H2,23,25,28);1H3;1H. The van der Waals surface area contributed by atoms with Crippen molar-refractivity contribution in [3.8, 4) is 0 Å². The molecule has 1 aliphatic carbocycles. The second-order valence-corrected chi connectivity index (χ2v) is 7.66. The molecule has 0 unspecified atom stereocenters. The van der Waals surface area contributed by atoms with Gasteiger partial charge in [0.25, 0.3) is 0 Å². The number of halogens is 4. The van der Waals surface area contributed by atoms with Gasteiger partial charge in [0.05, 0.1) is 5.56 Å². The van der Waals surface area contributed by atoms with Crippen LogP contribution in [0.2, 0.25) is 0 Å². The van der Waals surface area contributed by atoms with Crippen LogP contribution in [0.3, 0.4) is 0 Å². The molecule has 1 saturated heterocycles. The van der Waals surface area contributed by atoms with E-state index in [1.54, 1.807) is 4.90 Å². The van der Waals surface area contributed by atoms with Crippen molar-refractivity contribution in [1.82, 2.24) is 16.1 Å². The first-order valence-electron chi connectivity index (χ1n) is 8.99. The molecule has 7 N–H and O–H groups in total. The first-order valence-corrected chi connectivity index (χ1v) is 8.99. The molecule has 2 amide bonds. The highest BCUT2D eigenvalue weighted by atomic mass is 19.4. The molecule has 3 rings (SSSR count). The molecule has 2 fully saturated rings. The van der Waals surface area contributed by atoms with E-state index in [2.05, 4.69) is 4.99 Å². The number of hydrogen-bond donors (Lipinski definition) is 3. The monoisotopic (exact) mass is 420 g/mol. The molecule has 1 heterocycles. The lowest BCUT2D eigenvalue weighted by atomic mass is 9.56. The summed E-state index contributed by atoms with van der Waals surface area (Å²) in [7, 11) is 1.47. The van der Waals surface area contributed by atoms with Gasteiger partial charge in [-0.3, -0.25) is 5.01 Å². The van der Waals surface area contributed by atoms with Crippen molar-refractivity contribution in [2.75, 3.05) is 20.1 Å². The van der Waals surface area contributed by atoms with Crippen LogP contribution in [0.1, 0.15) is 44.2 Å². The van der Waals surface area contributed by atoms with Gasteiger partial charge in [0, 0.05) is 21.6 Å². The summed E-state index contributed by atoms with van der Waals surface area (Å²) in [5.41, 5.74) is 4.39. The fourth-order valence-electron chi connectivity index (χ4n) is 4.12. The number of nitrogens with two attached hydrogens (primary N) is 2. The molecule has 29 heavy (non-hydrogen) atoms. The third-order valence-corrected chi connectivity index (χ3v) is 5.80. The number of rotatable bonds is 1. The van der Waals surface area contributed by atoms with Gasteiger partial charge in [0.1, 0.15) is 5.82 Å². The molecule has 11 heteroatoms. The highest BCUT2D eigenvalue weighted by Crippen LogP contribution is 2.57. The summed E-state index contributed by atoms with van der Waals surface area (Å²) in [4.78, 5) is 17.4. The molecular weight excluding hydrogens is 392 g/mol. The summed E-state index contributed by atoms with van der Waals surface area (Å²) < 4.78 is 53.1. The molecule has 2 aliphatic rings. The Morgan fingerprint density at radius 1 is 1.31 bits per heavy atom. The Morgan fingerprint density at radius 3 is 2.41 bits per heavy atom. The Morgan fingerprint density at radius 2 is 1.90 bits per heavy atom. The maximum Gasteiger partial charge on any atom is 0.419 e. The molecule has 0 atom stereocenters. The Labute approximate surface area is 167 Å². The Hall–Kier alpha value is -2.40. The fourth-order valence-corrected chi connectivity index (χ4v) is 4.12. The van der Waals surface area contributed by atoms with E-state index < -0.39 is 23.6 Å². The number of aliphatic imine (C=N–C) groups is 1. The van der Waals surface area contributed by atoms with Gasteiger partial charge in [0.2, 0.25) is 5.96 Å². The van der Waals surface area contributed by atoms with E-state index >= 15 is 0 Å². The molecular formula is C18H28F4N6O. The average molecular weight is 420 g/mol. The molecule has 0 bridgehead atoms. The number of urea groups is 1. The topological polar surface area (TPSA) is 123 Å². The van der Waals surface area contributed by atoms with Gasteiger partial charge in [-0.1, -0.05) is 12.1 Å².